The lowest BCUT2D eigenvalue weighted by Gasteiger charge is -2.10. The maximum absolute atomic E-state index is 8.93. The SMILES string of the molecule is N#Cc1ccc(-c2ccc(=N)n(C(=N)Cc3ccc4ncccc4c3)n2)cc1. The van der Waals surface area contributed by atoms with Crippen LogP contribution in [-0.2, 0) is 6.42 Å². The summed E-state index contributed by atoms with van der Waals surface area (Å²) in [7, 11) is 0. The van der Waals surface area contributed by atoms with Gasteiger partial charge in [-0.1, -0.05) is 24.3 Å². The van der Waals surface area contributed by atoms with E-state index in [2.05, 4.69) is 16.2 Å². The third kappa shape index (κ3) is 3.41. The Balaban J connectivity index is 1.64. The molecule has 6 nitrogen and oxygen atoms in total. The summed E-state index contributed by atoms with van der Waals surface area (Å²) in [6.07, 6.45) is 2.11. The number of aromatic nitrogens is 3. The van der Waals surface area contributed by atoms with Crippen molar-refractivity contribution in [2.45, 2.75) is 6.42 Å². The van der Waals surface area contributed by atoms with E-state index in [9.17, 15) is 0 Å². The van der Waals surface area contributed by atoms with Crippen LogP contribution >= 0.6 is 0 Å². The predicted octanol–water partition coefficient (Wildman–Crippen LogP) is 3.52. The lowest BCUT2D eigenvalue weighted by molar-refractivity contribution is 0.800. The Bertz CT molecular complexity index is 1280. The Hall–Kier alpha value is -4.11. The molecule has 6 heteroatoms. The van der Waals surface area contributed by atoms with E-state index in [-0.39, 0.29) is 11.3 Å². The van der Waals surface area contributed by atoms with Gasteiger partial charge in [0.15, 0.2) is 0 Å². The number of hydrogen-bond acceptors (Lipinski definition) is 5. The van der Waals surface area contributed by atoms with Crippen LogP contribution in [0.3, 0.4) is 0 Å². The average molecular weight is 364 g/mol. The van der Waals surface area contributed by atoms with Crippen LogP contribution in [0.5, 0.6) is 0 Å². The molecule has 0 aliphatic rings. The largest absolute Gasteiger partial charge is 0.286 e. The van der Waals surface area contributed by atoms with Gasteiger partial charge in [0, 0.05) is 23.6 Å². The van der Waals surface area contributed by atoms with Gasteiger partial charge in [0.1, 0.15) is 11.3 Å². The molecule has 2 N–H and O–H groups in total. The zero-order valence-electron chi connectivity index (χ0n) is 14.9. The van der Waals surface area contributed by atoms with Gasteiger partial charge in [-0.05, 0) is 48.0 Å². The van der Waals surface area contributed by atoms with Crippen LogP contribution in [0.4, 0.5) is 0 Å². The van der Waals surface area contributed by atoms with Crippen molar-refractivity contribution in [1.82, 2.24) is 14.8 Å². The lowest BCUT2D eigenvalue weighted by Crippen LogP contribution is -2.30. The summed E-state index contributed by atoms with van der Waals surface area (Å²) in [5.41, 5.74) is 4.07. The number of benzene rings is 2. The van der Waals surface area contributed by atoms with Crippen molar-refractivity contribution >= 4 is 16.7 Å². The summed E-state index contributed by atoms with van der Waals surface area (Å²) < 4.78 is 1.33. The van der Waals surface area contributed by atoms with Gasteiger partial charge in [-0.3, -0.25) is 15.8 Å². The quantitative estimate of drug-likeness (QED) is 0.429. The minimum absolute atomic E-state index is 0.143. The predicted molar refractivity (Wildman–Crippen MR) is 107 cm³/mol. The van der Waals surface area contributed by atoms with Crippen LogP contribution in [0.15, 0.2) is 72.9 Å². The third-order valence-corrected chi connectivity index (χ3v) is 4.44. The molecular formula is C22H16N6. The maximum Gasteiger partial charge on any atom is 0.148 e. The standard InChI is InChI=1S/C22H16N6/c23-14-15-3-6-17(7-4-15)20-9-10-21(24)28(27-20)22(25)13-16-5-8-19-18(12-16)2-1-11-26-19/h1-12,24-25H,13H2. The van der Waals surface area contributed by atoms with Crippen LogP contribution in [0, 0.1) is 22.1 Å². The molecular weight excluding hydrogens is 348 g/mol. The van der Waals surface area contributed by atoms with Gasteiger partial charge in [0.2, 0.25) is 0 Å². The molecule has 0 atom stereocenters. The first-order valence-electron chi connectivity index (χ1n) is 8.71. The molecule has 2 aromatic carbocycles. The second-order valence-electron chi connectivity index (χ2n) is 6.36. The summed E-state index contributed by atoms with van der Waals surface area (Å²) in [5.74, 6) is 0.212. The molecule has 0 fully saturated rings. The molecule has 4 rings (SSSR count). The molecule has 0 radical (unpaired) electrons. The first-order valence-corrected chi connectivity index (χ1v) is 8.71. The smallest absolute Gasteiger partial charge is 0.148 e. The van der Waals surface area contributed by atoms with Crippen LogP contribution < -0.4 is 5.49 Å². The summed E-state index contributed by atoms with van der Waals surface area (Å²) >= 11 is 0. The van der Waals surface area contributed by atoms with Crippen molar-refractivity contribution in [2.24, 2.45) is 0 Å². The van der Waals surface area contributed by atoms with Gasteiger partial charge in [0.05, 0.1) is 22.8 Å². The van der Waals surface area contributed by atoms with Crippen LogP contribution in [-0.4, -0.2) is 20.6 Å². The van der Waals surface area contributed by atoms with E-state index >= 15 is 0 Å². The lowest BCUT2D eigenvalue weighted by atomic mass is 10.1. The van der Waals surface area contributed by atoms with Crippen LogP contribution in [0.2, 0.25) is 0 Å². The molecule has 0 unspecified atom stereocenters. The van der Waals surface area contributed by atoms with Gasteiger partial charge in [-0.15, -0.1) is 0 Å². The van der Waals surface area contributed by atoms with Crippen molar-refractivity contribution in [3.63, 3.8) is 0 Å². The summed E-state index contributed by atoms with van der Waals surface area (Å²) in [5, 5.41) is 31.0. The summed E-state index contributed by atoms with van der Waals surface area (Å²) in [6.45, 7) is 0. The first kappa shape index (κ1) is 17.3. The highest BCUT2D eigenvalue weighted by Crippen LogP contribution is 2.17. The van der Waals surface area contributed by atoms with Crippen LogP contribution in [0.25, 0.3) is 22.2 Å². The van der Waals surface area contributed by atoms with E-state index in [4.69, 9.17) is 16.1 Å². The topological polar surface area (TPSA) is 102 Å². The Labute approximate surface area is 161 Å². The number of rotatable bonds is 3. The second-order valence-corrected chi connectivity index (χ2v) is 6.36. The van der Waals surface area contributed by atoms with Gasteiger partial charge < -0.3 is 0 Å². The number of fused-ring (bicyclic) bond motifs is 1. The van der Waals surface area contributed by atoms with Gasteiger partial charge >= 0.3 is 0 Å². The fourth-order valence-electron chi connectivity index (χ4n) is 3.00. The molecule has 2 aromatic heterocycles. The number of pyridine rings is 1. The van der Waals surface area contributed by atoms with Gasteiger partial charge in [0.25, 0.3) is 0 Å². The minimum atomic E-state index is 0.143. The molecule has 0 bridgehead atoms. The Morgan fingerprint density at radius 3 is 2.64 bits per heavy atom. The summed E-state index contributed by atoms with van der Waals surface area (Å²) in [4.78, 5) is 4.31. The highest BCUT2D eigenvalue weighted by molar-refractivity contribution is 5.85. The Morgan fingerprint density at radius 1 is 1.04 bits per heavy atom. The fraction of sp³-hybridized carbons (Fsp3) is 0.0455. The molecule has 4 aromatic rings. The average Bonchev–Trinajstić information content (AvgIpc) is 2.74. The number of nitriles is 1. The molecule has 2 heterocycles. The van der Waals surface area contributed by atoms with Crippen LogP contribution in [0.1, 0.15) is 11.1 Å². The zero-order valence-corrected chi connectivity index (χ0v) is 14.9. The Morgan fingerprint density at radius 2 is 1.86 bits per heavy atom. The molecule has 28 heavy (non-hydrogen) atoms. The van der Waals surface area contributed by atoms with Crippen molar-refractivity contribution in [2.75, 3.05) is 0 Å². The molecule has 0 spiro atoms. The van der Waals surface area contributed by atoms with E-state index in [1.807, 2.05) is 42.5 Å². The number of hydrogen-bond donors (Lipinski definition) is 2. The van der Waals surface area contributed by atoms with Crippen molar-refractivity contribution in [3.8, 4) is 17.3 Å². The minimum Gasteiger partial charge on any atom is -0.286 e. The monoisotopic (exact) mass is 364 g/mol. The first-order chi connectivity index (χ1) is 13.6. The second kappa shape index (κ2) is 7.25. The summed E-state index contributed by atoms with van der Waals surface area (Å²) in [6, 6.07) is 22.3. The molecule has 0 saturated carbocycles. The molecule has 134 valence electrons. The van der Waals surface area contributed by atoms with Crippen molar-refractivity contribution in [1.29, 1.82) is 16.1 Å². The van der Waals surface area contributed by atoms with E-state index < -0.39 is 0 Å². The van der Waals surface area contributed by atoms with E-state index in [0.29, 0.717) is 17.7 Å². The Kier molecular flexibility index (Phi) is 4.48. The molecule has 0 saturated heterocycles. The van der Waals surface area contributed by atoms with E-state index in [1.54, 1.807) is 30.5 Å². The highest BCUT2D eigenvalue weighted by Gasteiger charge is 2.08. The number of nitrogens with zero attached hydrogens (tertiary/aromatic N) is 4. The molecule has 0 amide bonds. The normalized spacial score (nSPS) is 10.5. The fourth-order valence-corrected chi connectivity index (χ4v) is 3.00. The number of nitrogens with one attached hydrogen (secondary N) is 2. The maximum atomic E-state index is 8.93. The van der Waals surface area contributed by atoms with E-state index in [1.165, 1.54) is 4.68 Å². The van der Waals surface area contributed by atoms with Gasteiger partial charge in [-0.2, -0.15) is 10.4 Å². The molecule has 0 aliphatic heterocycles. The van der Waals surface area contributed by atoms with Crippen molar-refractivity contribution in [3.05, 3.63) is 89.5 Å². The van der Waals surface area contributed by atoms with Crippen molar-refractivity contribution < 1.29 is 0 Å². The molecule has 0 aliphatic carbocycles. The third-order valence-electron chi connectivity index (χ3n) is 4.44. The van der Waals surface area contributed by atoms with E-state index in [0.717, 1.165) is 22.0 Å². The highest BCUT2D eigenvalue weighted by atomic mass is 15.3. The van der Waals surface area contributed by atoms with Gasteiger partial charge in [-0.25, -0.2) is 4.68 Å². The zero-order chi connectivity index (χ0) is 19.5.